The lowest BCUT2D eigenvalue weighted by Crippen LogP contribution is -2.31. The zero-order valence-corrected chi connectivity index (χ0v) is 19.0. The predicted octanol–water partition coefficient (Wildman–Crippen LogP) is 4.17. The Morgan fingerprint density at radius 3 is 2.74 bits per heavy atom. The van der Waals surface area contributed by atoms with Gasteiger partial charge in [-0.2, -0.15) is 4.98 Å². The van der Waals surface area contributed by atoms with Crippen molar-refractivity contribution in [2.24, 2.45) is 0 Å². The average Bonchev–Trinajstić information content (AvgIpc) is 3.27. The zero-order chi connectivity index (χ0) is 22.4. The Morgan fingerprint density at radius 1 is 1.32 bits per heavy atom. The molecule has 1 aliphatic rings. The summed E-state index contributed by atoms with van der Waals surface area (Å²) in [5.74, 6) is 1.36. The number of amides is 1. The second-order valence-electron chi connectivity index (χ2n) is 7.95. The fourth-order valence-corrected chi connectivity index (χ4v) is 4.05. The molecule has 1 fully saturated rings. The number of ether oxygens (including phenoxy) is 1. The van der Waals surface area contributed by atoms with Gasteiger partial charge < -0.3 is 10.1 Å². The maximum atomic E-state index is 12.9. The molecule has 166 valence electrons. The Kier molecular flexibility index (Phi) is 7.43. The minimum Gasteiger partial charge on any atom is -0.438 e. The fourth-order valence-electron chi connectivity index (χ4n) is 3.53. The van der Waals surface area contributed by atoms with Gasteiger partial charge in [0, 0.05) is 29.8 Å². The minimum atomic E-state index is -3.27. The van der Waals surface area contributed by atoms with Crippen LogP contribution in [0.25, 0.3) is 0 Å². The van der Waals surface area contributed by atoms with E-state index in [1.807, 2.05) is 24.3 Å². The summed E-state index contributed by atoms with van der Waals surface area (Å²) in [5, 5.41) is 3.83. The summed E-state index contributed by atoms with van der Waals surface area (Å²) < 4.78 is 28.7. The highest BCUT2D eigenvalue weighted by molar-refractivity contribution is 7.93. The highest BCUT2D eigenvalue weighted by Crippen LogP contribution is 2.34. The Bertz CT molecular complexity index is 1060. The molecule has 2 aromatic rings. The maximum Gasteiger partial charge on any atom is 0.258 e. The summed E-state index contributed by atoms with van der Waals surface area (Å²) in [4.78, 5) is 21.9. The number of nitrogens with one attached hydrogen (secondary N) is 1. The van der Waals surface area contributed by atoms with E-state index in [0.29, 0.717) is 11.6 Å². The number of hydrogen-bond acceptors (Lipinski definition) is 6. The van der Waals surface area contributed by atoms with Gasteiger partial charge in [-0.15, -0.1) is 0 Å². The molecule has 0 radical (unpaired) electrons. The van der Waals surface area contributed by atoms with E-state index >= 15 is 0 Å². The van der Waals surface area contributed by atoms with Crippen molar-refractivity contribution < 1.29 is 17.9 Å². The van der Waals surface area contributed by atoms with Gasteiger partial charge in [-0.25, -0.2) is 13.4 Å². The van der Waals surface area contributed by atoms with Crippen LogP contribution in [0, 0.1) is 0 Å². The van der Waals surface area contributed by atoms with E-state index in [9.17, 15) is 13.2 Å². The number of carbonyl (C=O) groups excluding carboxylic acids is 1. The third-order valence-corrected chi connectivity index (χ3v) is 5.88. The number of benzene rings is 1. The molecule has 0 bridgehead atoms. The van der Waals surface area contributed by atoms with Crippen LogP contribution in [0.2, 0.25) is 0 Å². The van der Waals surface area contributed by atoms with E-state index < -0.39 is 21.8 Å². The average molecular weight is 444 g/mol. The first-order valence-electron chi connectivity index (χ1n) is 10.6. The maximum absolute atomic E-state index is 12.9. The number of hydrogen-bond donors (Lipinski definition) is 1. The van der Waals surface area contributed by atoms with Crippen molar-refractivity contribution in [3.63, 3.8) is 0 Å². The van der Waals surface area contributed by atoms with Crippen LogP contribution < -0.4 is 10.1 Å². The zero-order valence-electron chi connectivity index (χ0n) is 18.2. The number of aryl methyl sites for hydroxylation is 1. The van der Waals surface area contributed by atoms with Crippen molar-refractivity contribution in [3.05, 3.63) is 58.9 Å². The Hall–Kier alpha value is -2.74. The summed E-state index contributed by atoms with van der Waals surface area (Å²) in [6, 6.07) is 7.19. The highest BCUT2D eigenvalue weighted by Gasteiger charge is 2.24. The predicted molar refractivity (Wildman–Crippen MR) is 120 cm³/mol. The van der Waals surface area contributed by atoms with E-state index in [1.165, 1.54) is 12.3 Å². The van der Waals surface area contributed by atoms with Crippen LogP contribution in [0.1, 0.15) is 67.2 Å². The lowest BCUT2D eigenvalue weighted by atomic mass is 10.1. The molecule has 1 saturated carbocycles. The van der Waals surface area contributed by atoms with Crippen LogP contribution in [0.5, 0.6) is 11.6 Å². The van der Waals surface area contributed by atoms with E-state index in [4.69, 9.17) is 4.74 Å². The molecule has 1 amide bonds. The van der Waals surface area contributed by atoms with E-state index in [-0.39, 0.29) is 17.4 Å². The fraction of sp³-hybridized carbons (Fsp3) is 0.435. The van der Waals surface area contributed by atoms with E-state index in [0.717, 1.165) is 49.3 Å². The molecule has 0 saturated heterocycles. The molecule has 0 spiro atoms. The first kappa shape index (κ1) is 22.9. The molecule has 1 aromatic heterocycles. The van der Waals surface area contributed by atoms with Gasteiger partial charge in [0.25, 0.3) is 5.91 Å². The first-order valence-corrected chi connectivity index (χ1v) is 12.5. The molecule has 1 unspecified atom stereocenters. The summed E-state index contributed by atoms with van der Waals surface area (Å²) in [7, 11) is -3.27. The van der Waals surface area contributed by atoms with Gasteiger partial charge in [-0.1, -0.05) is 38.0 Å². The summed E-state index contributed by atoms with van der Waals surface area (Å²) >= 11 is 0. The van der Waals surface area contributed by atoms with Gasteiger partial charge in [0.1, 0.15) is 17.1 Å². The van der Waals surface area contributed by atoms with Gasteiger partial charge in [0.05, 0.1) is 0 Å². The van der Waals surface area contributed by atoms with Crippen LogP contribution in [0.15, 0.2) is 41.9 Å². The quantitative estimate of drug-likeness (QED) is 0.658. The van der Waals surface area contributed by atoms with E-state index in [2.05, 4.69) is 22.2 Å². The normalized spacial score (nSPS) is 15.8. The topological polar surface area (TPSA) is 98.2 Å². The van der Waals surface area contributed by atoms with E-state index in [1.54, 1.807) is 6.92 Å². The van der Waals surface area contributed by atoms with Gasteiger partial charge >= 0.3 is 0 Å². The summed E-state index contributed by atoms with van der Waals surface area (Å²) in [6.45, 7) is 3.75. The summed E-state index contributed by atoms with van der Waals surface area (Å²) in [5.41, 5.74) is 1.33. The number of rotatable bonds is 8. The van der Waals surface area contributed by atoms with Crippen LogP contribution in [0.3, 0.4) is 0 Å². The van der Waals surface area contributed by atoms with Crippen molar-refractivity contribution in [1.82, 2.24) is 15.3 Å². The SMILES string of the molecule is CCc1cccc(Oc2nc(C3CCCC3)ncc2C(=O)NC(C)C=CS(C)(=O)=O)c1. The van der Waals surface area contributed by atoms with Gasteiger partial charge in [0.2, 0.25) is 5.88 Å². The largest absolute Gasteiger partial charge is 0.438 e. The number of sulfone groups is 1. The van der Waals surface area contributed by atoms with Crippen LogP contribution >= 0.6 is 0 Å². The number of carbonyl (C=O) groups is 1. The lowest BCUT2D eigenvalue weighted by molar-refractivity contribution is 0.0943. The van der Waals surface area contributed by atoms with Crippen molar-refractivity contribution >= 4 is 15.7 Å². The van der Waals surface area contributed by atoms with Crippen molar-refractivity contribution in [1.29, 1.82) is 0 Å². The third-order valence-electron chi connectivity index (χ3n) is 5.23. The molecule has 8 heteroatoms. The van der Waals surface area contributed by atoms with Crippen LogP contribution in [-0.2, 0) is 16.3 Å². The molecule has 1 heterocycles. The van der Waals surface area contributed by atoms with Crippen molar-refractivity contribution in [3.8, 4) is 11.6 Å². The van der Waals surface area contributed by atoms with Crippen molar-refractivity contribution in [2.45, 2.75) is 57.9 Å². The second-order valence-corrected chi connectivity index (χ2v) is 9.88. The minimum absolute atomic E-state index is 0.210. The first-order chi connectivity index (χ1) is 14.7. The lowest BCUT2D eigenvalue weighted by Gasteiger charge is -2.15. The Balaban J connectivity index is 1.88. The highest BCUT2D eigenvalue weighted by atomic mass is 32.2. The van der Waals surface area contributed by atoms with Crippen LogP contribution in [-0.4, -0.2) is 36.6 Å². The van der Waals surface area contributed by atoms with Gasteiger partial charge in [-0.3, -0.25) is 4.79 Å². The molecule has 0 aliphatic heterocycles. The third kappa shape index (κ3) is 6.62. The Labute approximate surface area is 183 Å². The second kappa shape index (κ2) is 10.0. The van der Waals surface area contributed by atoms with Gasteiger partial charge in [0.15, 0.2) is 9.84 Å². The number of nitrogens with zero attached hydrogens (tertiary/aromatic N) is 2. The molecular weight excluding hydrogens is 414 g/mol. The van der Waals surface area contributed by atoms with Crippen LogP contribution in [0.4, 0.5) is 0 Å². The molecule has 1 atom stereocenters. The molecule has 7 nitrogen and oxygen atoms in total. The Morgan fingerprint density at radius 2 is 2.06 bits per heavy atom. The van der Waals surface area contributed by atoms with Crippen molar-refractivity contribution in [2.75, 3.05) is 6.26 Å². The number of aromatic nitrogens is 2. The van der Waals surface area contributed by atoms with Gasteiger partial charge in [-0.05, 0) is 43.9 Å². The molecule has 31 heavy (non-hydrogen) atoms. The summed E-state index contributed by atoms with van der Waals surface area (Å²) in [6.07, 6.45) is 9.25. The standard InChI is InChI=1S/C23H29N3O4S/c1-4-17-8-7-11-19(14-17)30-23-20(15-24-21(26-23)18-9-5-6-10-18)22(27)25-16(2)12-13-31(3,28)29/h7-8,11-16,18H,4-6,9-10H2,1-3H3,(H,25,27). The molecule has 1 N–H and O–H groups in total. The molecule has 1 aromatic carbocycles. The monoisotopic (exact) mass is 443 g/mol. The smallest absolute Gasteiger partial charge is 0.258 e. The molecule has 3 rings (SSSR count). The molecule has 1 aliphatic carbocycles. The molecular formula is C23H29N3O4S.